The Labute approximate surface area is 189 Å². The molecule has 0 spiro atoms. The second kappa shape index (κ2) is 11.1. The summed E-state index contributed by atoms with van der Waals surface area (Å²) in [6.07, 6.45) is 1.49. The molecule has 1 amide bonds. The van der Waals surface area contributed by atoms with E-state index in [1.54, 1.807) is 6.07 Å². The molecule has 32 heavy (non-hydrogen) atoms. The minimum absolute atomic E-state index is 0. The number of amides is 1. The van der Waals surface area contributed by atoms with Crippen molar-refractivity contribution < 1.29 is 25.3 Å². The molecule has 0 saturated carbocycles. The first-order valence-electron chi connectivity index (χ1n) is 10.8. The van der Waals surface area contributed by atoms with E-state index in [4.69, 9.17) is 5.11 Å². The largest absolute Gasteiger partial charge is 0.508 e. The van der Waals surface area contributed by atoms with Crippen LogP contribution in [0.5, 0.6) is 5.75 Å². The van der Waals surface area contributed by atoms with Gasteiger partial charge in [-0.3, -0.25) is 9.59 Å². The summed E-state index contributed by atoms with van der Waals surface area (Å²) in [5.41, 5.74) is 2.16. The lowest BCUT2D eigenvalue weighted by Gasteiger charge is -2.45. The second-order valence-corrected chi connectivity index (χ2v) is 8.88. The molecule has 1 aliphatic heterocycles. The first kappa shape index (κ1) is 25.4. The lowest BCUT2D eigenvalue weighted by atomic mass is 9.68. The van der Waals surface area contributed by atoms with Crippen molar-refractivity contribution in [1.82, 2.24) is 10.2 Å². The fourth-order valence-corrected chi connectivity index (χ4v) is 4.53. The van der Waals surface area contributed by atoms with E-state index >= 15 is 0 Å². The molecule has 3 rings (SSSR count). The van der Waals surface area contributed by atoms with Crippen molar-refractivity contribution in [2.75, 3.05) is 26.2 Å². The lowest BCUT2D eigenvalue weighted by molar-refractivity contribution is -0.138. The average Bonchev–Trinajstić information content (AvgIpc) is 2.75. The van der Waals surface area contributed by atoms with Crippen LogP contribution in [0.2, 0.25) is 0 Å². The van der Waals surface area contributed by atoms with E-state index in [0.29, 0.717) is 18.9 Å². The third kappa shape index (κ3) is 6.31. The summed E-state index contributed by atoms with van der Waals surface area (Å²) in [4.78, 5) is 26.0. The molecule has 1 aliphatic rings. The quantitative estimate of drug-likeness (QED) is 0.579. The van der Waals surface area contributed by atoms with Gasteiger partial charge in [0.15, 0.2) is 0 Å². The average molecular weight is 443 g/mol. The van der Waals surface area contributed by atoms with Gasteiger partial charge in [-0.25, -0.2) is 0 Å². The summed E-state index contributed by atoms with van der Waals surface area (Å²) < 4.78 is 0. The van der Waals surface area contributed by atoms with Crippen LogP contribution in [0.15, 0.2) is 54.6 Å². The van der Waals surface area contributed by atoms with Crippen LogP contribution in [0.1, 0.15) is 31.4 Å². The lowest BCUT2D eigenvalue weighted by Crippen LogP contribution is -2.50. The van der Waals surface area contributed by atoms with Crippen LogP contribution in [0.25, 0.3) is 0 Å². The predicted molar refractivity (Wildman–Crippen MR) is 124 cm³/mol. The Balaban J connectivity index is 0.00000363. The van der Waals surface area contributed by atoms with Crippen molar-refractivity contribution in [3.05, 3.63) is 65.7 Å². The molecule has 1 saturated heterocycles. The van der Waals surface area contributed by atoms with Gasteiger partial charge in [0.25, 0.3) is 0 Å². The zero-order chi connectivity index (χ0) is 22.4. The van der Waals surface area contributed by atoms with E-state index in [1.807, 2.05) is 42.5 Å². The number of benzene rings is 2. The van der Waals surface area contributed by atoms with Crippen molar-refractivity contribution >= 4 is 11.9 Å². The second-order valence-electron chi connectivity index (χ2n) is 8.88. The number of piperidine rings is 1. The Morgan fingerprint density at radius 3 is 2.53 bits per heavy atom. The van der Waals surface area contributed by atoms with Crippen LogP contribution in [0.4, 0.5) is 0 Å². The topological polar surface area (TPSA) is 121 Å². The SMILES string of the molecule is CC1CN(CC(Cc2ccccc2)C(=O)NCC(=O)O)CCC1(C)c1cccc(O)c1.O. The highest BCUT2D eigenvalue weighted by Crippen LogP contribution is 2.40. The highest BCUT2D eigenvalue weighted by molar-refractivity contribution is 5.83. The van der Waals surface area contributed by atoms with E-state index in [0.717, 1.165) is 30.6 Å². The molecule has 2 aromatic rings. The van der Waals surface area contributed by atoms with Crippen LogP contribution < -0.4 is 5.32 Å². The number of hydrogen-bond acceptors (Lipinski definition) is 4. The van der Waals surface area contributed by atoms with Gasteiger partial charge in [-0.2, -0.15) is 0 Å². The number of carbonyl (C=O) groups is 2. The summed E-state index contributed by atoms with van der Waals surface area (Å²) in [6.45, 7) is 6.35. The van der Waals surface area contributed by atoms with Crippen molar-refractivity contribution in [3.63, 3.8) is 0 Å². The first-order valence-corrected chi connectivity index (χ1v) is 10.8. The van der Waals surface area contributed by atoms with Crippen molar-refractivity contribution in [1.29, 1.82) is 0 Å². The number of carboxylic acid groups (broad SMARTS) is 1. The number of phenolic OH excluding ortho intramolecular Hbond substituents is 1. The highest BCUT2D eigenvalue weighted by atomic mass is 16.4. The summed E-state index contributed by atoms with van der Waals surface area (Å²) in [5, 5.41) is 21.4. The number of rotatable bonds is 8. The maximum atomic E-state index is 12.8. The first-order chi connectivity index (χ1) is 14.8. The maximum Gasteiger partial charge on any atom is 0.322 e. The number of hydrogen-bond donors (Lipinski definition) is 3. The fraction of sp³-hybridized carbons (Fsp3) is 0.440. The molecule has 2 aromatic carbocycles. The number of likely N-dealkylation sites (tertiary alicyclic amines) is 1. The number of aromatic hydroxyl groups is 1. The molecule has 7 heteroatoms. The van der Waals surface area contributed by atoms with E-state index in [9.17, 15) is 14.7 Å². The minimum atomic E-state index is -1.04. The summed E-state index contributed by atoms with van der Waals surface area (Å²) in [6, 6.07) is 17.3. The predicted octanol–water partition coefficient (Wildman–Crippen LogP) is 2.23. The zero-order valence-corrected chi connectivity index (χ0v) is 18.8. The third-order valence-corrected chi connectivity index (χ3v) is 6.66. The standard InChI is InChI=1S/C25H32N2O4.H2O/c1-18-16-27(12-11-25(18,2)21-9-6-10-22(28)14-21)17-20(24(31)26-15-23(29)30)13-19-7-4-3-5-8-19;/h3-10,14,18,20,28H,11-13,15-17H2,1-2H3,(H,26,31)(H,29,30);1H2. The van der Waals surface area contributed by atoms with Crippen LogP contribution in [0.3, 0.4) is 0 Å². The Kier molecular flexibility index (Phi) is 8.80. The van der Waals surface area contributed by atoms with Crippen LogP contribution in [-0.2, 0) is 21.4 Å². The van der Waals surface area contributed by atoms with Gasteiger partial charge in [-0.1, -0.05) is 56.3 Å². The number of carbonyl (C=O) groups excluding carboxylic acids is 1. The van der Waals surface area contributed by atoms with Crippen molar-refractivity contribution in [2.45, 2.75) is 32.1 Å². The number of nitrogens with zero attached hydrogens (tertiary/aromatic N) is 1. The minimum Gasteiger partial charge on any atom is -0.508 e. The smallest absolute Gasteiger partial charge is 0.322 e. The van der Waals surface area contributed by atoms with E-state index in [1.165, 1.54) is 0 Å². The van der Waals surface area contributed by atoms with Crippen LogP contribution in [-0.4, -0.2) is 58.6 Å². The molecule has 3 atom stereocenters. The van der Waals surface area contributed by atoms with Crippen LogP contribution in [0, 0.1) is 11.8 Å². The molecule has 1 fully saturated rings. The fourth-order valence-electron chi connectivity index (χ4n) is 4.53. The zero-order valence-electron chi connectivity index (χ0n) is 18.8. The Bertz CT molecular complexity index is 904. The van der Waals surface area contributed by atoms with Gasteiger partial charge in [-0.05, 0) is 54.0 Å². The summed E-state index contributed by atoms with van der Waals surface area (Å²) in [5.74, 6) is -0.964. The molecule has 1 heterocycles. The van der Waals surface area contributed by atoms with Gasteiger partial charge >= 0.3 is 5.97 Å². The van der Waals surface area contributed by atoms with Gasteiger partial charge in [0.1, 0.15) is 12.3 Å². The van der Waals surface area contributed by atoms with Crippen molar-refractivity contribution in [2.24, 2.45) is 11.8 Å². The highest BCUT2D eigenvalue weighted by Gasteiger charge is 2.39. The number of phenols is 1. The van der Waals surface area contributed by atoms with Gasteiger partial charge < -0.3 is 25.9 Å². The molecule has 174 valence electrons. The number of carboxylic acids is 1. The molecule has 3 unspecified atom stereocenters. The molecule has 7 nitrogen and oxygen atoms in total. The summed E-state index contributed by atoms with van der Waals surface area (Å²) in [7, 11) is 0. The molecular weight excluding hydrogens is 408 g/mol. The van der Waals surface area contributed by atoms with Crippen molar-refractivity contribution in [3.8, 4) is 5.75 Å². The molecule has 0 aliphatic carbocycles. The Morgan fingerprint density at radius 2 is 1.91 bits per heavy atom. The van der Waals surface area contributed by atoms with Crippen LogP contribution >= 0.6 is 0 Å². The number of aliphatic carboxylic acids is 1. The monoisotopic (exact) mass is 442 g/mol. The Hall–Kier alpha value is -2.90. The van der Waals surface area contributed by atoms with E-state index < -0.39 is 5.97 Å². The van der Waals surface area contributed by atoms with E-state index in [2.05, 4.69) is 30.1 Å². The van der Waals surface area contributed by atoms with Gasteiger partial charge in [-0.15, -0.1) is 0 Å². The van der Waals surface area contributed by atoms with Gasteiger partial charge in [0.2, 0.25) is 5.91 Å². The molecule has 0 bridgehead atoms. The summed E-state index contributed by atoms with van der Waals surface area (Å²) >= 11 is 0. The molecule has 5 N–H and O–H groups in total. The Morgan fingerprint density at radius 1 is 1.19 bits per heavy atom. The van der Waals surface area contributed by atoms with Gasteiger partial charge in [0, 0.05) is 13.1 Å². The number of nitrogens with one attached hydrogen (secondary N) is 1. The third-order valence-electron chi connectivity index (χ3n) is 6.66. The maximum absolute atomic E-state index is 12.8. The van der Waals surface area contributed by atoms with Gasteiger partial charge in [0.05, 0.1) is 5.92 Å². The molecule has 0 radical (unpaired) electrons. The molecule has 0 aromatic heterocycles. The normalized spacial score (nSPS) is 21.9. The molecular formula is C25H34N2O5. The van der Waals surface area contributed by atoms with E-state index in [-0.39, 0.29) is 35.0 Å².